The third-order valence-corrected chi connectivity index (χ3v) is 3.74. The van der Waals surface area contributed by atoms with Crippen LogP contribution in [-0.4, -0.2) is 12.5 Å². The molecule has 2 N–H and O–H groups in total. The number of halogens is 1. The summed E-state index contributed by atoms with van der Waals surface area (Å²) in [5.41, 5.74) is 8.33. The van der Waals surface area contributed by atoms with E-state index in [9.17, 15) is 4.79 Å². The number of hydrogen-bond donors (Lipinski definition) is 1. The lowest BCUT2D eigenvalue weighted by Crippen LogP contribution is -2.38. The Morgan fingerprint density at radius 1 is 1.25 bits per heavy atom. The Morgan fingerprint density at radius 3 is 2.85 bits per heavy atom. The molecule has 1 aliphatic rings. The fraction of sp³-hybridized carbons (Fsp3) is 0.133. The lowest BCUT2D eigenvalue weighted by molar-refractivity contribution is -0.121. The summed E-state index contributed by atoms with van der Waals surface area (Å²) in [6.45, 7) is 0.500. The van der Waals surface area contributed by atoms with Crippen molar-refractivity contribution in [3.8, 4) is 5.75 Å². The smallest absolute Gasteiger partial charge is 0.265 e. The molecule has 0 unspecified atom stereocenters. The molecule has 1 heterocycles. The summed E-state index contributed by atoms with van der Waals surface area (Å²) in [7, 11) is 0. The third-order valence-electron chi connectivity index (χ3n) is 3.25. The van der Waals surface area contributed by atoms with Gasteiger partial charge in [0.2, 0.25) is 0 Å². The highest BCUT2D eigenvalue weighted by Gasteiger charge is 2.26. The summed E-state index contributed by atoms with van der Waals surface area (Å²) in [5, 5.41) is 0. The van der Waals surface area contributed by atoms with E-state index in [1.165, 1.54) is 0 Å². The number of fused-ring (bicyclic) bond motifs is 1. The Bertz CT molecular complexity index is 673. The Balaban J connectivity index is 1.99. The standard InChI is InChI=1S/C15H13BrN2O2/c16-11-5-6-14-13(7-11)18(15(19)9-20-14)8-10-3-1-2-4-12(10)17/h1-7H,8-9,17H2. The van der Waals surface area contributed by atoms with Gasteiger partial charge in [0.15, 0.2) is 6.61 Å². The number of nitrogen functional groups attached to an aromatic ring is 1. The van der Waals surface area contributed by atoms with Crippen LogP contribution in [0.5, 0.6) is 5.75 Å². The predicted octanol–water partition coefficient (Wildman–Crippen LogP) is 2.96. The number of carbonyl (C=O) groups is 1. The number of nitrogens with two attached hydrogens (primary N) is 1. The van der Waals surface area contributed by atoms with Gasteiger partial charge in [0.05, 0.1) is 12.2 Å². The molecule has 1 aliphatic heterocycles. The quantitative estimate of drug-likeness (QED) is 0.860. The van der Waals surface area contributed by atoms with Crippen molar-refractivity contribution in [3.05, 3.63) is 52.5 Å². The zero-order chi connectivity index (χ0) is 14.1. The molecule has 0 aromatic heterocycles. The average Bonchev–Trinajstić information content (AvgIpc) is 2.44. The summed E-state index contributed by atoms with van der Waals surface area (Å²) in [6, 6.07) is 13.2. The van der Waals surface area contributed by atoms with Gasteiger partial charge in [-0.05, 0) is 29.8 Å². The van der Waals surface area contributed by atoms with E-state index in [2.05, 4.69) is 15.9 Å². The van der Waals surface area contributed by atoms with Crippen molar-refractivity contribution >= 4 is 33.2 Å². The molecule has 0 aliphatic carbocycles. The lowest BCUT2D eigenvalue weighted by Gasteiger charge is -2.30. The van der Waals surface area contributed by atoms with Crippen molar-refractivity contribution in [2.75, 3.05) is 17.2 Å². The van der Waals surface area contributed by atoms with Gasteiger partial charge in [0, 0.05) is 10.2 Å². The number of hydrogen-bond acceptors (Lipinski definition) is 3. The molecule has 0 saturated heterocycles. The highest BCUT2D eigenvalue weighted by atomic mass is 79.9. The Kier molecular flexibility index (Phi) is 3.36. The van der Waals surface area contributed by atoms with E-state index in [1.54, 1.807) is 4.90 Å². The summed E-state index contributed by atoms with van der Waals surface area (Å²) in [5.74, 6) is 0.640. The molecule has 0 fully saturated rings. The minimum Gasteiger partial charge on any atom is -0.482 e. The second-order valence-electron chi connectivity index (χ2n) is 4.58. The molecular formula is C15H13BrN2O2. The van der Waals surface area contributed by atoms with Crippen LogP contribution in [0.1, 0.15) is 5.56 Å². The van der Waals surface area contributed by atoms with Gasteiger partial charge in [0.25, 0.3) is 5.91 Å². The van der Waals surface area contributed by atoms with E-state index in [0.717, 1.165) is 15.7 Å². The van der Waals surface area contributed by atoms with Crippen LogP contribution in [0.3, 0.4) is 0 Å². The van der Waals surface area contributed by atoms with Gasteiger partial charge in [-0.3, -0.25) is 4.79 Å². The van der Waals surface area contributed by atoms with Crippen LogP contribution in [-0.2, 0) is 11.3 Å². The first-order valence-electron chi connectivity index (χ1n) is 6.21. The predicted molar refractivity (Wildman–Crippen MR) is 81.7 cm³/mol. The Labute approximate surface area is 125 Å². The molecule has 4 nitrogen and oxygen atoms in total. The molecule has 1 amide bonds. The second kappa shape index (κ2) is 5.17. The Morgan fingerprint density at radius 2 is 2.05 bits per heavy atom. The first kappa shape index (κ1) is 13.0. The highest BCUT2D eigenvalue weighted by Crippen LogP contribution is 2.35. The van der Waals surface area contributed by atoms with Crippen molar-refractivity contribution in [2.24, 2.45) is 0 Å². The molecule has 5 heteroatoms. The lowest BCUT2D eigenvalue weighted by atomic mass is 10.1. The first-order valence-corrected chi connectivity index (χ1v) is 7.00. The maximum Gasteiger partial charge on any atom is 0.265 e. The molecule has 0 saturated carbocycles. The van der Waals surface area contributed by atoms with E-state index in [4.69, 9.17) is 10.5 Å². The number of anilines is 2. The molecule has 0 bridgehead atoms. The summed E-state index contributed by atoms with van der Waals surface area (Å²) < 4.78 is 6.35. The Hall–Kier alpha value is -2.01. The minimum absolute atomic E-state index is 0.0569. The summed E-state index contributed by atoms with van der Waals surface area (Å²) in [6.07, 6.45) is 0. The van der Waals surface area contributed by atoms with E-state index < -0.39 is 0 Å². The van der Waals surface area contributed by atoms with Gasteiger partial charge >= 0.3 is 0 Å². The second-order valence-corrected chi connectivity index (χ2v) is 5.50. The maximum atomic E-state index is 12.1. The van der Waals surface area contributed by atoms with Crippen LogP contribution in [0.25, 0.3) is 0 Å². The molecule has 0 spiro atoms. The summed E-state index contributed by atoms with van der Waals surface area (Å²) >= 11 is 3.42. The van der Waals surface area contributed by atoms with Crippen molar-refractivity contribution < 1.29 is 9.53 Å². The third kappa shape index (κ3) is 2.36. The van der Waals surface area contributed by atoms with Crippen molar-refractivity contribution in [2.45, 2.75) is 6.54 Å². The van der Waals surface area contributed by atoms with Crippen molar-refractivity contribution in [3.63, 3.8) is 0 Å². The minimum atomic E-state index is -0.0705. The number of ether oxygens (including phenoxy) is 1. The number of rotatable bonds is 2. The molecule has 20 heavy (non-hydrogen) atoms. The molecule has 102 valence electrons. The SMILES string of the molecule is Nc1ccccc1CN1C(=O)COc2ccc(Br)cc21. The van der Waals surface area contributed by atoms with Gasteiger partial charge in [-0.2, -0.15) is 0 Å². The number of nitrogens with zero attached hydrogens (tertiary/aromatic N) is 1. The highest BCUT2D eigenvalue weighted by molar-refractivity contribution is 9.10. The zero-order valence-electron chi connectivity index (χ0n) is 10.7. The van der Waals surface area contributed by atoms with E-state index >= 15 is 0 Å². The van der Waals surface area contributed by atoms with Crippen LogP contribution in [0, 0.1) is 0 Å². The number of para-hydroxylation sites is 1. The van der Waals surface area contributed by atoms with Crippen LogP contribution in [0.15, 0.2) is 46.9 Å². The van der Waals surface area contributed by atoms with Crippen LogP contribution >= 0.6 is 15.9 Å². The number of carbonyl (C=O) groups excluding carboxylic acids is 1. The normalized spacial score (nSPS) is 13.8. The fourth-order valence-corrected chi connectivity index (χ4v) is 2.55. The van der Waals surface area contributed by atoms with Crippen molar-refractivity contribution in [1.29, 1.82) is 0 Å². The van der Waals surface area contributed by atoms with E-state index in [0.29, 0.717) is 18.0 Å². The first-order chi connectivity index (χ1) is 9.65. The van der Waals surface area contributed by atoms with Crippen LogP contribution < -0.4 is 15.4 Å². The van der Waals surface area contributed by atoms with Crippen molar-refractivity contribution in [1.82, 2.24) is 0 Å². The summed E-state index contributed by atoms with van der Waals surface area (Å²) in [4.78, 5) is 13.8. The van der Waals surface area contributed by atoms with Gasteiger partial charge in [0.1, 0.15) is 5.75 Å². The van der Waals surface area contributed by atoms with E-state index in [1.807, 2.05) is 42.5 Å². The van der Waals surface area contributed by atoms with E-state index in [-0.39, 0.29) is 12.5 Å². The van der Waals surface area contributed by atoms with Gasteiger partial charge in [-0.15, -0.1) is 0 Å². The number of amides is 1. The molecule has 3 rings (SSSR count). The average molecular weight is 333 g/mol. The molecule has 2 aromatic rings. The molecule has 0 atom stereocenters. The number of benzene rings is 2. The molecule has 2 aromatic carbocycles. The topological polar surface area (TPSA) is 55.6 Å². The largest absolute Gasteiger partial charge is 0.482 e. The van der Waals surface area contributed by atoms with Crippen LogP contribution in [0.4, 0.5) is 11.4 Å². The molecular weight excluding hydrogens is 320 g/mol. The zero-order valence-corrected chi connectivity index (χ0v) is 12.3. The van der Waals surface area contributed by atoms with Gasteiger partial charge in [-0.1, -0.05) is 34.1 Å². The molecule has 0 radical (unpaired) electrons. The van der Waals surface area contributed by atoms with Gasteiger partial charge < -0.3 is 15.4 Å². The maximum absolute atomic E-state index is 12.1. The van der Waals surface area contributed by atoms with Crippen LogP contribution in [0.2, 0.25) is 0 Å². The van der Waals surface area contributed by atoms with Gasteiger partial charge in [-0.25, -0.2) is 0 Å². The monoisotopic (exact) mass is 332 g/mol. The fourth-order valence-electron chi connectivity index (χ4n) is 2.20.